The highest BCUT2D eigenvalue weighted by molar-refractivity contribution is 5.79. The van der Waals surface area contributed by atoms with Gasteiger partial charge >= 0.3 is 0 Å². The number of nitrogens with one attached hydrogen (secondary N) is 1. The number of carbonyl (C=O) groups is 1. The van der Waals surface area contributed by atoms with Crippen LogP contribution in [0.25, 0.3) is 0 Å². The van der Waals surface area contributed by atoms with Gasteiger partial charge in [0.05, 0.1) is 5.92 Å². The maximum atomic E-state index is 12.1. The summed E-state index contributed by atoms with van der Waals surface area (Å²) >= 11 is 0. The summed E-state index contributed by atoms with van der Waals surface area (Å²) in [5.41, 5.74) is 0. The summed E-state index contributed by atoms with van der Waals surface area (Å²) in [5.74, 6) is 2.31. The Morgan fingerprint density at radius 2 is 1.89 bits per heavy atom. The second-order valence-electron chi connectivity index (χ2n) is 6.58. The van der Waals surface area contributed by atoms with E-state index in [0.717, 1.165) is 31.3 Å². The number of nitrogens with zero attached hydrogens (tertiary/aromatic N) is 1. The van der Waals surface area contributed by atoms with Gasteiger partial charge in [0.1, 0.15) is 0 Å². The van der Waals surface area contributed by atoms with Crippen LogP contribution in [0.2, 0.25) is 0 Å². The molecule has 3 aliphatic rings. The molecule has 0 unspecified atom stereocenters. The number of carbonyl (C=O) groups excluding carboxylic acids is 1. The van der Waals surface area contributed by atoms with Gasteiger partial charge in [0.25, 0.3) is 0 Å². The second-order valence-corrected chi connectivity index (χ2v) is 6.58. The van der Waals surface area contributed by atoms with Crippen LogP contribution in [-0.4, -0.2) is 37.0 Å². The van der Waals surface area contributed by atoms with Crippen LogP contribution >= 0.6 is 0 Å². The van der Waals surface area contributed by atoms with Gasteiger partial charge in [-0.2, -0.15) is 0 Å². The molecule has 3 rings (SSSR count). The Hall–Kier alpha value is -0.570. The summed E-state index contributed by atoms with van der Waals surface area (Å²) in [5, 5.41) is 3.15. The summed E-state index contributed by atoms with van der Waals surface area (Å²) in [6.07, 6.45) is 9.18. The number of likely N-dealkylation sites (tertiary alicyclic amines) is 1. The van der Waals surface area contributed by atoms with Crippen LogP contribution in [-0.2, 0) is 4.79 Å². The van der Waals surface area contributed by atoms with Gasteiger partial charge in [-0.05, 0) is 56.9 Å². The molecule has 3 heteroatoms. The third kappa shape index (κ3) is 3.25. The van der Waals surface area contributed by atoms with Crippen LogP contribution in [0.15, 0.2) is 0 Å². The average molecular weight is 250 g/mol. The number of hydrogen-bond donors (Lipinski definition) is 1. The Morgan fingerprint density at radius 3 is 2.56 bits per heavy atom. The predicted octanol–water partition coefficient (Wildman–Crippen LogP) is 2.02. The topological polar surface area (TPSA) is 32.3 Å². The Balaban J connectivity index is 1.41. The lowest BCUT2D eigenvalue weighted by Crippen LogP contribution is -2.45. The molecule has 1 N–H and O–H groups in total. The largest absolute Gasteiger partial charge is 0.356 e. The SMILES string of the molecule is O=C(NCC1CC1)[C@H]1CCCN(CC2CCC2)C1. The Kier molecular flexibility index (Phi) is 3.88. The minimum atomic E-state index is 0.262. The monoisotopic (exact) mass is 250 g/mol. The molecule has 1 heterocycles. The highest BCUT2D eigenvalue weighted by atomic mass is 16.1. The third-order valence-electron chi connectivity index (χ3n) is 4.88. The number of rotatable bonds is 5. The number of amides is 1. The molecule has 0 aromatic rings. The Bertz CT molecular complexity index is 297. The lowest BCUT2D eigenvalue weighted by atomic mass is 9.84. The first-order valence-electron chi connectivity index (χ1n) is 7.81. The molecular weight excluding hydrogens is 224 g/mol. The zero-order valence-corrected chi connectivity index (χ0v) is 11.4. The average Bonchev–Trinajstić information content (AvgIpc) is 3.15. The smallest absolute Gasteiger partial charge is 0.224 e. The van der Waals surface area contributed by atoms with E-state index in [4.69, 9.17) is 0 Å². The lowest BCUT2D eigenvalue weighted by molar-refractivity contribution is -0.126. The molecule has 0 aromatic heterocycles. The van der Waals surface area contributed by atoms with Gasteiger partial charge in [0.2, 0.25) is 5.91 Å². The van der Waals surface area contributed by atoms with E-state index in [1.807, 2.05) is 0 Å². The van der Waals surface area contributed by atoms with E-state index in [9.17, 15) is 4.79 Å². The standard InChI is InChI=1S/C15H26N2O/c18-15(16-9-12-6-7-12)14-5-2-8-17(11-14)10-13-3-1-4-13/h12-14H,1-11H2,(H,16,18)/t14-/m0/s1. The van der Waals surface area contributed by atoms with Gasteiger partial charge in [-0.1, -0.05) is 6.42 Å². The van der Waals surface area contributed by atoms with Gasteiger partial charge < -0.3 is 10.2 Å². The fourth-order valence-electron chi connectivity index (χ4n) is 3.19. The molecule has 0 bridgehead atoms. The van der Waals surface area contributed by atoms with Gasteiger partial charge in [0.15, 0.2) is 0 Å². The molecule has 2 saturated carbocycles. The van der Waals surface area contributed by atoms with E-state index < -0.39 is 0 Å². The molecule has 3 fully saturated rings. The van der Waals surface area contributed by atoms with Gasteiger partial charge in [-0.25, -0.2) is 0 Å². The minimum Gasteiger partial charge on any atom is -0.356 e. The van der Waals surface area contributed by atoms with Crippen molar-refractivity contribution in [1.82, 2.24) is 10.2 Å². The number of hydrogen-bond acceptors (Lipinski definition) is 2. The Labute approximate surface area is 110 Å². The highest BCUT2D eigenvalue weighted by Gasteiger charge is 2.29. The van der Waals surface area contributed by atoms with Gasteiger partial charge in [-0.15, -0.1) is 0 Å². The summed E-state index contributed by atoms with van der Waals surface area (Å²) in [6, 6.07) is 0. The lowest BCUT2D eigenvalue weighted by Gasteiger charge is -2.37. The second kappa shape index (κ2) is 5.60. The van der Waals surface area contributed by atoms with Crippen LogP contribution in [0.1, 0.15) is 44.9 Å². The fourth-order valence-corrected chi connectivity index (χ4v) is 3.19. The predicted molar refractivity (Wildman–Crippen MR) is 72.2 cm³/mol. The van der Waals surface area contributed by atoms with Crippen LogP contribution in [0.5, 0.6) is 0 Å². The maximum Gasteiger partial charge on any atom is 0.224 e. The quantitative estimate of drug-likeness (QED) is 0.809. The molecule has 1 aliphatic heterocycles. The first-order valence-corrected chi connectivity index (χ1v) is 7.81. The summed E-state index contributed by atoms with van der Waals surface area (Å²) < 4.78 is 0. The molecule has 0 aromatic carbocycles. The highest BCUT2D eigenvalue weighted by Crippen LogP contribution is 2.29. The molecule has 1 atom stereocenters. The van der Waals surface area contributed by atoms with E-state index >= 15 is 0 Å². The molecular formula is C15H26N2O. The minimum absolute atomic E-state index is 0.262. The maximum absolute atomic E-state index is 12.1. The zero-order valence-electron chi connectivity index (χ0n) is 11.4. The van der Waals surface area contributed by atoms with Gasteiger partial charge in [-0.3, -0.25) is 4.79 Å². The van der Waals surface area contributed by atoms with Crippen molar-refractivity contribution in [2.45, 2.75) is 44.9 Å². The molecule has 0 radical (unpaired) electrons. The van der Waals surface area contributed by atoms with Crippen molar-refractivity contribution in [3.05, 3.63) is 0 Å². The van der Waals surface area contributed by atoms with Crippen molar-refractivity contribution in [2.75, 3.05) is 26.2 Å². The van der Waals surface area contributed by atoms with Crippen LogP contribution < -0.4 is 5.32 Å². The molecule has 3 nitrogen and oxygen atoms in total. The fraction of sp³-hybridized carbons (Fsp3) is 0.933. The van der Waals surface area contributed by atoms with Crippen molar-refractivity contribution in [3.8, 4) is 0 Å². The first kappa shape index (κ1) is 12.5. The van der Waals surface area contributed by atoms with Crippen LogP contribution in [0.3, 0.4) is 0 Å². The molecule has 18 heavy (non-hydrogen) atoms. The van der Waals surface area contributed by atoms with E-state index in [1.165, 1.54) is 51.6 Å². The molecule has 102 valence electrons. The molecule has 1 amide bonds. The third-order valence-corrected chi connectivity index (χ3v) is 4.88. The van der Waals surface area contributed by atoms with Crippen molar-refractivity contribution < 1.29 is 4.79 Å². The van der Waals surface area contributed by atoms with E-state index in [0.29, 0.717) is 5.91 Å². The van der Waals surface area contributed by atoms with E-state index in [1.54, 1.807) is 0 Å². The van der Waals surface area contributed by atoms with Crippen LogP contribution in [0.4, 0.5) is 0 Å². The first-order chi connectivity index (χ1) is 8.81. The van der Waals surface area contributed by atoms with Crippen molar-refractivity contribution in [2.24, 2.45) is 17.8 Å². The normalized spacial score (nSPS) is 29.9. The van der Waals surface area contributed by atoms with Crippen molar-refractivity contribution in [3.63, 3.8) is 0 Å². The van der Waals surface area contributed by atoms with Crippen LogP contribution in [0, 0.1) is 17.8 Å². The molecule has 0 spiro atoms. The van der Waals surface area contributed by atoms with Crippen molar-refractivity contribution >= 4 is 5.91 Å². The molecule has 1 saturated heterocycles. The number of piperidine rings is 1. The van der Waals surface area contributed by atoms with E-state index in [-0.39, 0.29) is 5.92 Å². The van der Waals surface area contributed by atoms with Crippen molar-refractivity contribution in [1.29, 1.82) is 0 Å². The molecule has 2 aliphatic carbocycles. The van der Waals surface area contributed by atoms with Gasteiger partial charge in [0, 0.05) is 19.6 Å². The summed E-state index contributed by atoms with van der Waals surface area (Å²) in [7, 11) is 0. The Morgan fingerprint density at radius 1 is 1.06 bits per heavy atom. The van der Waals surface area contributed by atoms with E-state index in [2.05, 4.69) is 10.2 Å². The summed E-state index contributed by atoms with van der Waals surface area (Å²) in [4.78, 5) is 14.6. The summed E-state index contributed by atoms with van der Waals surface area (Å²) in [6.45, 7) is 4.39. The zero-order chi connectivity index (χ0) is 12.4.